The summed E-state index contributed by atoms with van der Waals surface area (Å²) in [5.74, 6) is 0.745. The van der Waals surface area contributed by atoms with Crippen molar-refractivity contribution in [3.8, 4) is 0 Å². The monoisotopic (exact) mass is 216 g/mol. The van der Waals surface area contributed by atoms with Crippen LogP contribution in [-0.2, 0) is 13.0 Å². The van der Waals surface area contributed by atoms with Gasteiger partial charge < -0.3 is 0 Å². The molecule has 84 valence electrons. The number of nitrogens with zero attached hydrogens (tertiary/aromatic N) is 1. The molecule has 0 saturated heterocycles. The van der Waals surface area contributed by atoms with Crippen molar-refractivity contribution in [1.29, 1.82) is 0 Å². The molecule has 1 aliphatic heterocycles. The first-order valence-electron chi connectivity index (χ1n) is 5.60. The maximum atomic E-state index is 5.98. The molecular formula is C13H18N3+. The van der Waals surface area contributed by atoms with Crippen molar-refractivity contribution < 1.29 is 4.58 Å². The molecule has 3 nitrogen and oxygen atoms in total. The van der Waals surface area contributed by atoms with Crippen molar-refractivity contribution in [2.24, 2.45) is 5.73 Å². The van der Waals surface area contributed by atoms with E-state index in [1.807, 2.05) is 6.08 Å². The fourth-order valence-electron chi connectivity index (χ4n) is 1.99. The Kier molecular flexibility index (Phi) is 3.25. The van der Waals surface area contributed by atoms with Crippen molar-refractivity contribution in [2.75, 3.05) is 13.1 Å². The molecule has 0 radical (unpaired) electrons. The molecule has 2 rings (SSSR count). The van der Waals surface area contributed by atoms with E-state index < -0.39 is 0 Å². The van der Waals surface area contributed by atoms with Crippen LogP contribution < -0.4 is 11.1 Å². The lowest BCUT2D eigenvalue weighted by Crippen LogP contribution is -2.42. The zero-order chi connectivity index (χ0) is 11.4. The predicted molar refractivity (Wildman–Crippen MR) is 66.4 cm³/mol. The van der Waals surface area contributed by atoms with Crippen LogP contribution in [0.15, 0.2) is 36.9 Å². The molecule has 1 aromatic carbocycles. The van der Waals surface area contributed by atoms with Gasteiger partial charge in [-0.05, 0) is 11.1 Å². The fourth-order valence-corrected chi connectivity index (χ4v) is 1.99. The molecule has 0 atom stereocenters. The number of nitrogens with two attached hydrogens (primary N) is 1. The molecule has 0 spiro atoms. The molecule has 3 heteroatoms. The number of hydrogen-bond acceptors (Lipinski definition) is 0. The number of guanidine groups is 1. The minimum absolute atomic E-state index is 0.712. The highest BCUT2D eigenvalue weighted by molar-refractivity contribution is 5.72. The van der Waals surface area contributed by atoms with E-state index in [2.05, 4.69) is 40.7 Å². The molecule has 0 bridgehead atoms. The third-order valence-corrected chi connectivity index (χ3v) is 2.90. The number of fused-ring (bicyclic) bond motifs is 1. The summed E-state index contributed by atoms with van der Waals surface area (Å²) in [5, 5.41) is 3.14. The quantitative estimate of drug-likeness (QED) is 0.437. The first kappa shape index (κ1) is 10.7. The number of benzene rings is 1. The van der Waals surface area contributed by atoms with Gasteiger partial charge >= 0.3 is 5.96 Å². The molecule has 1 heterocycles. The third-order valence-electron chi connectivity index (χ3n) is 2.90. The van der Waals surface area contributed by atoms with E-state index in [9.17, 15) is 0 Å². The topological polar surface area (TPSA) is 41.1 Å². The van der Waals surface area contributed by atoms with Crippen LogP contribution in [-0.4, -0.2) is 23.6 Å². The van der Waals surface area contributed by atoms with Crippen LogP contribution in [0.4, 0.5) is 0 Å². The average Bonchev–Trinajstić information content (AvgIpc) is 2.35. The first-order chi connectivity index (χ1) is 7.81. The van der Waals surface area contributed by atoms with E-state index >= 15 is 0 Å². The van der Waals surface area contributed by atoms with Gasteiger partial charge in [0.05, 0.1) is 19.6 Å². The molecule has 1 aliphatic rings. The highest BCUT2D eigenvalue weighted by Gasteiger charge is 2.16. The summed E-state index contributed by atoms with van der Waals surface area (Å²) < 4.78 is 2.17. The normalized spacial score (nSPS) is 17.5. The Hall–Kier alpha value is -1.77. The van der Waals surface area contributed by atoms with E-state index in [1.54, 1.807) is 0 Å². The molecule has 16 heavy (non-hydrogen) atoms. The van der Waals surface area contributed by atoms with Crippen LogP contribution in [0.2, 0.25) is 0 Å². The van der Waals surface area contributed by atoms with Crippen LogP contribution >= 0.6 is 0 Å². The Bertz CT molecular complexity index is 421. The van der Waals surface area contributed by atoms with Crippen LogP contribution in [0.3, 0.4) is 0 Å². The first-order valence-corrected chi connectivity index (χ1v) is 5.60. The van der Waals surface area contributed by atoms with Crippen molar-refractivity contribution in [1.82, 2.24) is 5.32 Å². The Morgan fingerprint density at radius 1 is 1.44 bits per heavy atom. The second-order valence-corrected chi connectivity index (χ2v) is 4.00. The molecule has 0 saturated carbocycles. The Labute approximate surface area is 96.3 Å². The lowest BCUT2D eigenvalue weighted by molar-refractivity contribution is -0.550. The van der Waals surface area contributed by atoms with Crippen molar-refractivity contribution in [3.63, 3.8) is 0 Å². The van der Waals surface area contributed by atoms with Crippen LogP contribution in [0.25, 0.3) is 0 Å². The van der Waals surface area contributed by atoms with Gasteiger partial charge in [-0.3, -0.25) is 15.6 Å². The highest BCUT2D eigenvalue weighted by atomic mass is 15.2. The smallest absolute Gasteiger partial charge is 0.291 e. The summed E-state index contributed by atoms with van der Waals surface area (Å²) in [6, 6.07) is 8.54. The van der Waals surface area contributed by atoms with Crippen molar-refractivity contribution in [3.05, 3.63) is 48.0 Å². The number of nitrogens with one attached hydrogen (secondary N) is 1. The second kappa shape index (κ2) is 4.84. The fraction of sp³-hybridized carbons (Fsp3) is 0.308. The number of rotatable bonds is 2. The van der Waals surface area contributed by atoms with E-state index in [-0.39, 0.29) is 0 Å². The average molecular weight is 216 g/mol. The van der Waals surface area contributed by atoms with Gasteiger partial charge in [-0.25, -0.2) is 0 Å². The lowest BCUT2D eigenvalue weighted by atomic mass is 10.0. The maximum Gasteiger partial charge on any atom is 0.343 e. The predicted octanol–water partition coefficient (Wildman–Crippen LogP) is 0.846. The van der Waals surface area contributed by atoms with Gasteiger partial charge in [0.15, 0.2) is 0 Å². The second-order valence-electron chi connectivity index (χ2n) is 4.00. The molecule has 0 unspecified atom stereocenters. The van der Waals surface area contributed by atoms with Gasteiger partial charge in [0.2, 0.25) is 0 Å². The summed E-state index contributed by atoms with van der Waals surface area (Å²) in [7, 11) is 0. The van der Waals surface area contributed by atoms with Gasteiger partial charge in [0, 0.05) is 6.42 Å². The van der Waals surface area contributed by atoms with E-state index in [0.717, 1.165) is 25.5 Å². The van der Waals surface area contributed by atoms with Gasteiger partial charge in [0.25, 0.3) is 0 Å². The van der Waals surface area contributed by atoms with Crippen molar-refractivity contribution in [2.45, 2.75) is 13.0 Å². The molecule has 3 N–H and O–H groups in total. The molecular weight excluding hydrogens is 198 g/mol. The van der Waals surface area contributed by atoms with Crippen LogP contribution in [0.5, 0.6) is 0 Å². The summed E-state index contributed by atoms with van der Waals surface area (Å²) >= 11 is 0. The minimum Gasteiger partial charge on any atom is -0.291 e. The zero-order valence-electron chi connectivity index (χ0n) is 9.45. The summed E-state index contributed by atoms with van der Waals surface area (Å²) in [6.07, 6.45) is 2.87. The Balaban J connectivity index is 2.15. The van der Waals surface area contributed by atoms with E-state index in [1.165, 1.54) is 11.1 Å². The summed E-state index contributed by atoms with van der Waals surface area (Å²) in [5.41, 5.74) is 8.79. The summed E-state index contributed by atoms with van der Waals surface area (Å²) in [6.45, 7) is 6.25. The Morgan fingerprint density at radius 2 is 2.19 bits per heavy atom. The summed E-state index contributed by atoms with van der Waals surface area (Å²) in [4.78, 5) is 0. The SMILES string of the molecule is C=CCNC(N)=[N+]1CCc2ccccc2C1. The van der Waals surface area contributed by atoms with Gasteiger partial charge in [0.1, 0.15) is 0 Å². The standard InChI is InChI=1S/C13H17N3/c1-2-8-15-13(14)16-9-7-11-5-3-4-6-12(11)10-16/h2-6H,1,7-10H2,(H2,14,15)/p+1. The zero-order valence-corrected chi connectivity index (χ0v) is 9.45. The Morgan fingerprint density at radius 3 is 2.94 bits per heavy atom. The van der Waals surface area contributed by atoms with Crippen LogP contribution in [0, 0.1) is 0 Å². The van der Waals surface area contributed by atoms with Gasteiger partial charge in [-0.1, -0.05) is 36.9 Å². The third kappa shape index (κ3) is 2.24. The van der Waals surface area contributed by atoms with E-state index in [4.69, 9.17) is 5.73 Å². The largest absolute Gasteiger partial charge is 0.343 e. The van der Waals surface area contributed by atoms with E-state index in [0.29, 0.717) is 6.54 Å². The van der Waals surface area contributed by atoms with Crippen molar-refractivity contribution >= 4 is 5.96 Å². The van der Waals surface area contributed by atoms with Crippen LogP contribution in [0.1, 0.15) is 11.1 Å². The maximum absolute atomic E-state index is 5.98. The molecule has 0 amide bonds. The minimum atomic E-state index is 0.712. The molecule has 1 aromatic rings. The molecule has 0 aromatic heterocycles. The lowest BCUT2D eigenvalue weighted by Gasteiger charge is -2.19. The molecule has 0 fully saturated rings. The van der Waals surface area contributed by atoms with Gasteiger partial charge in [-0.15, -0.1) is 0 Å². The molecule has 0 aliphatic carbocycles. The highest BCUT2D eigenvalue weighted by Crippen LogP contribution is 2.15. The number of hydrogen-bond donors (Lipinski definition) is 2. The van der Waals surface area contributed by atoms with Gasteiger partial charge in [-0.2, -0.15) is 0 Å².